The number of carbonyl (C=O) groups excluding carboxylic acids is 2. The number of rotatable bonds is 6. The Kier molecular flexibility index (Phi) is 7.07. The highest BCUT2D eigenvalue weighted by atomic mass is 16.6. The maximum atomic E-state index is 12.5. The molecule has 0 spiro atoms. The van der Waals surface area contributed by atoms with Gasteiger partial charge in [0.25, 0.3) is 5.91 Å². The lowest BCUT2D eigenvalue weighted by Crippen LogP contribution is -2.43. The van der Waals surface area contributed by atoms with Crippen LogP contribution in [0.25, 0.3) is 0 Å². The van der Waals surface area contributed by atoms with E-state index in [1.165, 1.54) is 12.1 Å². The summed E-state index contributed by atoms with van der Waals surface area (Å²) in [7, 11) is 0. The first-order valence-electron chi connectivity index (χ1n) is 10.9. The van der Waals surface area contributed by atoms with Gasteiger partial charge in [0.1, 0.15) is 17.6 Å². The standard InChI is InChI=1S/C26H24N2O6/c29-24(18-4-2-1-3-5-18)27-20-8-12-22(13-9-20)34-26(32)28-16-14-23(15-17-28)33-21-10-6-19(7-11-21)25(30)31/h1-13,23H,14-17H2,(H,27,29)(H,30,31). The molecule has 1 aliphatic heterocycles. The topological polar surface area (TPSA) is 105 Å². The second-order valence-corrected chi connectivity index (χ2v) is 7.85. The smallest absolute Gasteiger partial charge is 0.415 e. The maximum Gasteiger partial charge on any atom is 0.415 e. The van der Waals surface area contributed by atoms with Crippen molar-refractivity contribution in [1.29, 1.82) is 0 Å². The third kappa shape index (κ3) is 5.92. The van der Waals surface area contributed by atoms with Gasteiger partial charge in [-0.3, -0.25) is 4.79 Å². The molecule has 1 heterocycles. The molecule has 8 nitrogen and oxygen atoms in total. The second kappa shape index (κ2) is 10.5. The Bertz CT molecular complexity index is 1140. The van der Waals surface area contributed by atoms with Gasteiger partial charge in [-0.15, -0.1) is 0 Å². The van der Waals surface area contributed by atoms with E-state index in [0.717, 1.165) is 0 Å². The number of piperidine rings is 1. The second-order valence-electron chi connectivity index (χ2n) is 7.85. The van der Waals surface area contributed by atoms with Gasteiger partial charge in [-0.05, 0) is 60.7 Å². The van der Waals surface area contributed by atoms with Crippen LogP contribution in [0.1, 0.15) is 33.6 Å². The number of hydrogen-bond acceptors (Lipinski definition) is 5. The number of amides is 2. The van der Waals surface area contributed by atoms with E-state index in [9.17, 15) is 14.4 Å². The molecule has 0 aliphatic carbocycles. The number of hydrogen-bond donors (Lipinski definition) is 2. The van der Waals surface area contributed by atoms with Crippen LogP contribution in [0.5, 0.6) is 11.5 Å². The summed E-state index contributed by atoms with van der Waals surface area (Å²) >= 11 is 0. The molecule has 0 radical (unpaired) electrons. The van der Waals surface area contributed by atoms with Crippen LogP contribution in [0.4, 0.5) is 10.5 Å². The highest BCUT2D eigenvalue weighted by molar-refractivity contribution is 6.04. The van der Waals surface area contributed by atoms with Crippen LogP contribution in [0, 0.1) is 0 Å². The summed E-state index contributed by atoms with van der Waals surface area (Å²) in [6.45, 7) is 0.976. The number of carboxylic acid groups (broad SMARTS) is 1. The van der Waals surface area contributed by atoms with E-state index in [4.69, 9.17) is 14.6 Å². The van der Waals surface area contributed by atoms with E-state index in [-0.39, 0.29) is 17.6 Å². The number of benzene rings is 3. The third-order valence-corrected chi connectivity index (χ3v) is 5.46. The number of aromatic carboxylic acids is 1. The Morgan fingerprint density at radius 2 is 1.41 bits per heavy atom. The first kappa shape index (κ1) is 22.8. The Labute approximate surface area is 196 Å². The molecule has 1 aliphatic rings. The summed E-state index contributed by atoms with van der Waals surface area (Å²) < 4.78 is 11.4. The predicted molar refractivity (Wildman–Crippen MR) is 125 cm³/mol. The zero-order valence-electron chi connectivity index (χ0n) is 18.3. The van der Waals surface area contributed by atoms with Gasteiger partial charge in [-0.25, -0.2) is 9.59 Å². The predicted octanol–water partition coefficient (Wildman–Crippen LogP) is 4.68. The highest BCUT2D eigenvalue weighted by Crippen LogP contribution is 2.22. The molecular formula is C26H24N2O6. The van der Waals surface area contributed by atoms with Gasteiger partial charge in [0.05, 0.1) is 5.56 Å². The summed E-state index contributed by atoms with van der Waals surface area (Å²) in [5.74, 6) is -0.205. The molecule has 4 rings (SSSR count). The normalized spacial score (nSPS) is 13.7. The molecule has 34 heavy (non-hydrogen) atoms. The van der Waals surface area contributed by atoms with Gasteiger partial charge in [-0.1, -0.05) is 18.2 Å². The number of nitrogens with one attached hydrogen (secondary N) is 1. The van der Waals surface area contributed by atoms with Crippen molar-refractivity contribution in [2.75, 3.05) is 18.4 Å². The minimum Gasteiger partial charge on any atom is -0.490 e. The molecule has 2 N–H and O–H groups in total. The molecule has 0 aromatic heterocycles. The van der Waals surface area contributed by atoms with Crippen molar-refractivity contribution in [3.63, 3.8) is 0 Å². The summed E-state index contributed by atoms with van der Waals surface area (Å²) in [5, 5.41) is 11.8. The fraction of sp³-hybridized carbons (Fsp3) is 0.192. The molecule has 3 aromatic rings. The Balaban J connectivity index is 1.23. The van der Waals surface area contributed by atoms with Crippen LogP contribution in [0.2, 0.25) is 0 Å². The fourth-order valence-corrected chi connectivity index (χ4v) is 3.59. The number of anilines is 1. The monoisotopic (exact) mass is 460 g/mol. The van der Waals surface area contributed by atoms with Gasteiger partial charge < -0.3 is 24.8 Å². The van der Waals surface area contributed by atoms with Crippen LogP contribution in [0.3, 0.4) is 0 Å². The quantitative estimate of drug-likeness (QED) is 0.553. The van der Waals surface area contributed by atoms with Gasteiger partial charge in [0.2, 0.25) is 0 Å². The average molecular weight is 460 g/mol. The number of likely N-dealkylation sites (tertiary alicyclic amines) is 1. The lowest BCUT2D eigenvalue weighted by molar-refractivity contribution is 0.0696. The van der Waals surface area contributed by atoms with Crippen molar-refractivity contribution in [1.82, 2.24) is 4.90 Å². The number of carboxylic acids is 1. The van der Waals surface area contributed by atoms with Crippen molar-refractivity contribution < 1.29 is 29.0 Å². The lowest BCUT2D eigenvalue weighted by atomic mass is 10.1. The molecule has 174 valence electrons. The average Bonchev–Trinajstić information content (AvgIpc) is 2.86. The van der Waals surface area contributed by atoms with Crippen LogP contribution < -0.4 is 14.8 Å². The first-order valence-corrected chi connectivity index (χ1v) is 10.9. The summed E-state index contributed by atoms with van der Waals surface area (Å²) in [6.07, 6.45) is 0.776. The molecule has 0 unspecified atom stereocenters. The minimum absolute atomic E-state index is 0.0627. The highest BCUT2D eigenvalue weighted by Gasteiger charge is 2.25. The maximum absolute atomic E-state index is 12.5. The van der Waals surface area contributed by atoms with E-state index >= 15 is 0 Å². The van der Waals surface area contributed by atoms with E-state index in [0.29, 0.717) is 48.7 Å². The van der Waals surface area contributed by atoms with Crippen molar-refractivity contribution in [3.8, 4) is 11.5 Å². The van der Waals surface area contributed by atoms with Crippen molar-refractivity contribution in [2.24, 2.45) is 0 Å². The Hall–Kier alpha value is -4.33. The molecule has 3 aromatic carbocycles. The van der Waals surface area contributed by atoms with E-state index < -0.39 is 12.1 Å². The van der Waals surface area contributed by atoms with Crippen LogP contribution in [-0.2, 0) is 0 Å². The zero-order chi connectivity index (χ0) is 23.9. The van der Waals surface area contributed by atoms with Crippen LogP contribution in [-0.4, -0.2) is 47.2 Å². The van der Waals surface area contributed by atoms with E-state index in [1.54, 1.807) is 65.6 Å². The molecule has 0 bridgehead atoms. The molecule has 1 saturated heterocycles. The Morgan fingerprint density at radius 3 is 2.03 bits per heavy atom. The van der Waals surface area contributed by atoms with Crippen molar-refractivity contribution >= 4 is 23.7 Å². The van der Waals surface area contributed by atoms with Gasteiger partial charge in [0, 0.05) is 37.2 Å². The Morgan fingerprint density at radius 1 is 0.794 bits per heavy atom. The van der Waals surface area contributed by atoms with E-state index in [2.05, 4.69) is 5.32 Å². The molecule has 8 heteroatoms. The number of nitrogens with zero attached hydrogens (tertiary/aromatic N) is 1. The molecule has 2 amide bonds. The fourth-order valence-electron chi connectivity index (χ4n) is 3.59. The number of ether oxygens (including phenoxy) is 2. The largest absolute Gasteiger partial charge is 0.490 e. The first-order chi connectivity index (χ1) is 16.5. The SMILES string of the molecule is O=C(O)c1ccc(OC2CCN(C(=O)Oc3ccc(NC(=O)c4ccccc4)cc3)CC2)cc1. The van der Waals surface area contributed by atoms with Crippen molar-refractivity contribution in [2.45, 2.75) is 18.9 Å². The number of carbonyl (C=O) groups is 3. The van der Waals surface area contributed by atoms with Crippen LogP contribution in [0.15, 0.2) is 78.9 Å². The van der Waals surface area contributed by atoms with Gasteiger partial charge in [-0.2, -0.15) is 0 Å². The van der Waals surface area contributed by atoms with E-state index in [1.807, 2.05) is 6.07 Å². The molecular weight excluding hydrogens is 436 g/mol. The van der Waals surface area contributed by atoms with Gasteiger partial charge >= 0.3 is 12.1 Å². The zero-order valence-corrected chi connectivity index (χ0v) is 18.3. The summed E-state index contributed by atoms with van der Waals surface area (Å²) in [6, 6.07) is 21.8. The van der Waals surface area contributed by atoms with Crippen LogP contribution >= 0.6 is 0 Å². The summed E-state index contributed by atoms with van der Waals surface area (Å²) in [4.78, 5) is 37.3. The molecule has 0 atom stereocenters. The summed E-state index contributed by atoms with van der Waals surface area (Å²) in [5.41, 5.74) is 1.36. The minimum atomic E-state index is -0.982. The molecule has 1 fully saturated rings. The van der Waals surface area contributed by atoms with Gasteiger partial charge in [0.15, 0.2) is 0 Å². The van der Waals surface area contributed by atoms with Crippen molar-refractivity contribution in [3.05, 3.63) is 90.0 Å². The molecule has 0 saturated carbocycles. The third-order valence-electron chi connectivity index (χ3n) is 5.46. The lowest BCUT2D eigenvalue weighted by Gasteiger charge is -2.31.